The molecule has 0 aliphatic carbocycles. The lowest BCUT2D eigenvalue weighted by Crippen LogP contribution is -1.96. The Morgan fingerprint density at radius 2 is 0.315 bits per heavy atom. The summed E-state index contributed by atoms with van der Waals surface area (Å²) in [5.74, 6) is 0. The first-order chi connectivity index (χ1) is 61.5. The molecule has 580 valence electrons. The molecule has 24 aromatic rings. The van der Waals surface area contributed by atoms with E-state index in [1.807, 2.05) is 0 Å². The van der Waals surface area contributed by atoms with E-state index < -0.39 is 0 Å². The minimum Gasteiger partial charge on any atom is -0.309 e. The summed E-state index contributed by atoms with van der Waals surface area (Å²) in [6.45, 7) is 0. The number of benzene rings is 20. The number of hydrogen-bond donors (Lipinski definition) is 0. The lowest BCUT2D eigenvalue weighted by atomic mass is 9.94. The van der Waals surface area contributed by atoms with Gasteiger partial charge in [-0.25, -0.2) is 0 Å². The number of aromatic nitrogens is 4. The highest BCUT2D eigenvalue weighted by molar-refractivity contribution is 6.16. The van der Waals surface area contributed by atoms with Crippen molar-refractivity contribution >= 4 is 87.2 Å². The molecule has 4 heterocycles. The van der Waals surface area contributed by atoms with Crippen LogP contribution in [0.3, 0.4) is 0 Å². The van der Waals surface area contributed by atoms with Crippen LogP contribution in [0.15, 0.2) is 485 Å². The standard InChI is InChI=1S/2C60H40N2/c1-5-16-41(17-6-1)45-24-15-25-49(36-45)61-57-27-14-13-26-52(57)54-38-47(29-34-58(54)61)48-30-35-60-56(39-48)55-37-46(42-18-7-2-8-19-42)28-33-59(55)62(60)50-31-32-51(43-20-9-3-10-21-43)53(40-50)44-22-11-4-12-23-44;1-5-16-41(17-6-1)45-24-15-25-51(35-45)61-57-27-14-13-26-53(57)54-39-47(29-32-58(54)61)48-30-33-60-56(40-48)55-38-46(42-18-7-2-8-19-42)28-31-59(55)62(60)52-36-49(43-20-9-3-10-21-43)34-50(37-52)44-22-11-4-12-23-44/h2*1-40H. The fraction of sp³-hybridized carbons (Fsp3) is 0. The van der Waals surface area contributed by atoms with E-state index in [1.54, 1.807) is 0 Å². The molecule has 4 heteroatoms. The van der Waals surface area contributed by atoms with Gasteiger partial charge in [0.2, 0.25) is 0 Å². The minimum absolute atomic E-state index is 1.13. The molecule has 0 atom stereocenters. The quantitative estimate of drug-likeness (QED) is 0.103. The van der Waals surface area contributed by atoms with Crippen molar-refractivity contribution < 1.29 is 0 Å². The van der Waals surface area contributed by atoms with Crippen LogP contribution in [0.1, 0.15) is 0 Å². The van der Waals surface area contributed by atoms with Gasteiger partial charge in [0.05, 0.1) is 44.1 Å². The summed E-state index contributed by atoms with van der Waals surface area (Å²) in [5.41, 5.74) is 38.1. The van der Waals surface area contributed by atoms with E-state index in [0.29, 0.717) is 0 Å². The van der Waals surface area contributed by atoms with Gasteiger partial charge in [-0.2, -0.15) is 0 Å². The van der Waals surface area contributed by atoms with Gasteiger partial charge < -0.3 is 18.3 Å². The molecule has 0 amide bonds. The van der Waals surface area contributed by atoms with Gasteiger partial charge in [0, 0.05) is 65.8 Å². The summed E-state index contributed by atoms with van der Waals surface area (Å²) >= 11 is 0. The predicted molar refractivity (Wildman–Crippen MR) is 525 cm³/mol. The average molecular weight is 1580 g/mol. The first-order valence-corrected chi connectivity index (χ1v) is 42.7. The van der Waals surface area contributed by atoms with E-state index >= 15 is 0 Å². The molecular formula is C120H80N4. The van der Waals surface area contributed by atoms with E-state index in [4.69, 9.17) is 0 Å². The van der Waals surface area contributed by atoms with Crippen LogP contribution in [0.4, 0.5) is 0 Å². The third-order valence-electron chi connectivity index (χ3n) is 25.0. The summed E-state index contributed by atoms with van der Waals surface area (Å²) in [5, 5.41) is 9.87. The maximum absolute atomic E-state index is 2.46. The maximum atomic E-state index is 2.46. The Morgan fingerprint density at radius 3 is 0.637 bits per heavy atom. The Bertz CT molecular complexity index is 8110. The number of rotatable bonds is 14. The molecule has 4 nitrogen and oxygen atoms in total. The van der Waals surface area contributed by atoms with Gasteiger partial charge in [0.25, 0.3) is 0 Å². The second-order valence-corrected chi connectivity index (χ2v) is 32.3. The van der Waals surface area contributed by atoms with Gasteiger partial charge in [-0.05, 0) is 251 Å². The third-order valence-corrected chi connectivity index (χ3v) is 25.0. The van der Waals surface area contributed by atoms with Crippen molar-refractivity contribution in [2.45, 2.75) is 0 Å². The van der Waals surface area contributed by atoms with Crippen LogP contribution >= 0.6 is 0 Å². The number of para-hydroxylation sites is 2. The van der Waals surface area contributed by atoms with Crippen molar-refractivity contribution in [2.75, 3.05) is 0 Å². The molecule has 0 unspecified atom stereocenters. The zero-order valence-corrected chi connectivity index (χ0v) is 68.0. The highest BCUT2D eigenvalue weighted by atomic mass is 15.0. The molecule has 0 bridgehead atoms. The van der Waals surface area contributed by atoms with Crippen LogP contribution in [0.5, 0.6) is 0 Å². The number of fused-ring (bicyclic) bond motifs is 12. The first kappa shape index (κ1) is 72.8. The van der Waals surface area contributed by atoms with Crippen LogP contribution in [0.2, 0.25) is 0 Å². The number of hydrogen-bond acceptors (Lipinski definition) is 0. The molecule has 0 fully saturated rings. The Balaban J connectivity index is 0.000000143. The van der Waals surface area contributed by atoms with Crippen molar-refractivity contribution in [3.05, 3.63) is 485 Å². The van der Waals surface area contributed by atoms with E-state index in [0.717, 1.165) is 22.7 Å². The largest absolute Gasteiger partial charge is 0.309 e. The molecular weight excluding hydrogens is 1500 g/mol. The Morgan fingerprint density at radius 1 is 0.0968 bits per heavy atom. The number of nitrogens with zero attached hydrogens (tertiary/aromatic N) is 4. The molecule has 0 saturated heterocycles. The van der Waals surface area contributed by atoms with E-state index in [2.05, 4.69) is 504 Å². The monoisotopic (exact) mass is 1580 g/mol. The summed E-state index contributed by atoms with van der Waals surface area (Å²) < 4.78 is 9.74. The minimum atomic E-state index is 1.13. The molecule has 4 aromatic heterocycles. The lowest BCUT2D eigenvalue weighted by Gasteiger charge is -2.15. The molecule has 0 saturated carbocycles. The third kappa shape index (κ3) is 13.1. The summed E-state index contributed by atoms with van der Waals surface area (Å²) in [6.07, 6.45) is 0. The Labute approximate surface area is 719 Å². The Hall–Kier alpha value is -16.4. The zero-order chi connectivity index (χ0) is 82.0. The maximum Gasteiger partial charge on any atom is 0.0541 e. The summed E-state index contributed by atoms with van der Waals surface area (Å²) in [6, 6.07) is 177. The lowest BCUT2D eigenvalue weighted by molar-refractivity contribution is 1.18. The normalized spacial score (nSPS) is 11.5. The van der Waals surface area contributed by atoms with Gasteiger partial charge in [0.1, 0.15) is 0 Å². The average Bonchev–Trinajstić information content (AvgIpc) is 1.58. The van der Waals surface area contributed by atoms with Crippen LogP contribution in [-0.2, 0) is 0 Å². The van der Waals surface area contributed by atoms with Crippen molar-refractivity contribution in [3.63, 3.8) is 0 Å². The smallest absolute Gasteiger partial charge is 0.0541 e. The zero-order valence-electron chi connectivity index (χ0n) is 68.0. The first-order valence-electron chi connectivity index (χ1n) is 42.7. The second-order valence-electron chi connectivity index (χ2n) is 32.3. The van der Waals surface area contributed by atoms with Gasteiger partial charge in [-0.3, -0.25) is 0 Å². The van der Waals surface area contributed by atoms with Crippen molar-refractivity contribution in [3.8, 4) is 134 Å². The molecule has 0 N–H and O–H groups in total. The molecule has 24 rings (SSSR count). The highest BCUT2D eigenvalue weighted by Crippen LogP contribution is 2.46. The van der Waals surface area contributed by atoms with E-state index in [1.165, 1.54) is 198 Å². The van der Waals surface area contributed by atoms with Crippen LogP contribution in [-0.4, -0.2) is 18.3 Å². The van der Waals surface area contributed by atoms with Gasteiger partial charge in [0.15, 0.2) is 0 Å². The Kier molecular flexibility index (Phi) is 18.2. The van der Waals surface area contributed by atoms with Crippen molar-refractivity contribution in [1.29, 1.82) is 0 Å². The summed E-state index contributed by atoms with van der Waals surface area (Å²) in [4.78, 5) is 0. The van der Waals surface area contributed by atoms with E-state index in [9.17, 15) is 0 Å². The summed E-state index contributed by atoms with van der Waals surface area (Å²) in [7, 11) is 0. The fourth-order valence-corrected chi connectivity index (χ4v) is 19.1. The van der Waals surface area contributed by atoms with Crippen molar-refractivity contribution in [2.24, 2.45) is 0 Å². The second kappa shape index (κ2) is 31.1. The van der Waals surface area contributed by atoms with Crippen LogP contribution in [0.25, 0.3) is 221 Å². The SMILES string of the molecule is c1ccc(-c2cccc(-n3c4ccccc4c4cc(-c5ccc6c(c5)c5cc(-c7ccccc7)ccc5n6-c5cc(-c6ccccc6)cc(-c6ccccc6)c5)ccc43)c2)cc1.c1ccc(-c2cccc(-n3c4ccccc4c4cc(-c5ccc6c(c5)c5cc(-c7ccccc7)ccc5n6-c5ccc(-c6ccccc6)c(-c6ccccc6)c5)ccc43)c2)cc1. The molecule has 0 aliphatic rings. The molecule has 0 radical (unpaired) electrons. The molecule has 0 aliphatic heterocycles. The van der Waals surface area contributed by atoms with Crippen LogP contribution < -0.4 is 0 Å². The van der Waals surface area contributed by atoms with Gasteiger partial charge in [-0.1, -0.05) is 346 Å². The highest BCUT2D eigenvalue weighted by Gasteiger charge is 2.23. The topological polar surface area (TPSA) is 19.7 Å². The van der Waals surface area contributed by atoms with Crippen LogP contribution in [0, 0.1) is 0 Å². The predicted octanol–water partition coefficient (Wildman–Crippen LogP) is 32.4. The van der Waals surface area contributed by atoms with E-state index in [-0.39, 0.29) is 0 Å². The van der Waals surface area contributed by atoms with Gasteiger partial charge in [-0.15, -0.1) is 0 Å². The molecule has 20 aromatic carbocycles. The molecule has 124 heavy (non-hydrogen) atoms. The fourth-order valence-electron chi connectivity index (χ4n) is 19.1. The van der Waals surface area contributed by atoms with Gasteiger partial charge >= 0.3 is 0 Å². The molecule has 0 spiro atoms. The van der Waals surface area contributed by atoms with Crippen molar-refractivity contribution in [1.82, 2.24) is 18.3 Å².